The Labute approximate surface area is 186 Å². The third kappa shape index (κ3) is 4.19. The topological polar surface area (TPSA) is 64.6 Å². The summed E-state index contributed by atoms with van der Waals surface area (Å²) in [5, 5.41) is 2.45. The van der Waals surface area contributed by atoms with Crippen LogP contribution in [0, 0.1) is 17.6 Å². The summed E-state index contributed by atoms with van der Waals surface area (Å²) < 4.78 is 80.3. The SMILES string of the molecule is COc1c([C@H]2[C@H](C(=O)Nc3ccccc3C(C)=O)O[C@@](C)(C(F)(F)F)[C@H]2C)ccc(F)c1F. The van der Waals surface area contributed by atoms with Gasteiger partial charge in [-0.3, -0.25) is 9.59 Å². The molecule has 0 aliphatic carbocycles. The van der Waals surface area contributed by atoms with E-state index in [0.717, 1.165) is 26.2 Å². The summed E-state index contributed by atoms with van der Waals surface area (Å²) in [6, 6.07) is 7.80. The van der Waals surface area contributed by atoms with Crippen LogP contribution in [-0.4, -0.2) is 36.7 Å². The molecule has 4 atom stereocenters. The number of carbonyl (C=O) groups is 2. The molecule has 0 saturated carbocycles. The van der Waals surface area contributed by atoms with E-state index in [-0.39, 0.29) is 22.6 Å². The zero-order valence-corrected chi connectivity index (χ0v) is 18.2. The zero-order chi connectivity index (χ0) is 24.7. The Morgan fingerprint density at radius 3 is 2.33 bits per heavy atom. The molecule has 0 bridgehead atoms. The summed E-state index contributed by atoms with van der Waals surface area (Å²) in [6.45, 7) is 3.29. The highest BCUT2D eigenvalue weighted by Gasteiger charge is 2.65. The van der Waals surface area contributed by atoms with Crippen molar-refractivity contribution in [2.24, 2.45) is 5.92 Å². The smallest absolute Gasteiger partial charge is 0.417 e. The van der Waals surface area contributed by atoms with Crippen molar-refractivity contribution in [3.8, 4) is 5.75 Å². The second-order valence-electron chi connectivity index (χ2n) is 8.03. The summed E-state index contributed by atoms with van der Waals surface area (Å²) in [4.78, 5) is 25.0. The van der Waals surface area contributed by atoms with Crippen LogP contribution in [0.1, 0.15) is 42.6 Å². The van der Waals surface area contributed by atoms with Gasteiger partial charge in [0.05, 0.1) is 12.8 Å². The van der Waals surface area contributed by atoms with E-state index in [1.54, 1.807) is 6.07 Å². The number of Topliss-reactive ketones (excluding diaryl/α,β-unsaturated/α-hetero) is 1. The van der Waals surface area contributed by atoms with Gasteiger partial charge in [0, 0.05) is 23.0 Å². The minimum absolute atomic E-state index is 0.0860. The van der Waals surface area contributed by atoms with Crippen molar-refractivity contribution in [3.05, 3.63) is 59.2 Å². The maximum atomic E-state index is 14.4. The summed E-state index contributed by atoms with van der Waals surface area (Å²) in [7, 11) is 1.04. The number of alkyl halides is 3. The van der Waals surface area contributed by atoms with E-state index in [1.807, 2.05) is 0 Å². The molecule has 3 rings (SSSR count). The van der Waals surface area contributed by atoms with Gasteiger partial charge < -0.3 is 14.8 Å². The van der Waals surface area contributed by atoms with Crippen molar-refractivity contribution in [3.63, 3.8) is 0 Å². The third-order valence-electron chi connectivity index (χ3n) is 6.13. The monoisotopic (exact) mass is 471 g/mol. The lowest BCUT2D eigenvalue weighted by molar-refractivity contribution is -0.272. The number of ketones is 1. The van der Waals surface area contributed by atoms with Crippen LogP contribution >= 0.6 is 0 Å². The third-order valence-corrected chi connectivity index (χ3v) is 6.13. The van der Waals surface area contributed by atoms with Crippen LogP contribution in [0.3, 0.4) is 0 Å². The zero-order valence-electron chi connectivity index (χ0n) is 18.2. The highest BCUT2D eigenvalue weighted by atomic mass is 19.4. The first-order valence-electron chi connectivity index (χ1n) is 10.0. The molecule has 5 nitrogen and oxygen atoms in total. The predicted octanol–water partition coefficient (Wildman–Crippen LogP) is 5.25. The number of nitrogens with one attached hydrogen (secondary N) is 1. The van der Waals surface area contributed by atoms with Gasteiger partial charge in [0.15, 0.2) is 23.0 Å². The Kier molecular flexibility index (Phi) is 6.52. The number of methoxy groups -OCH3 is 1. The van der Waals surface area contributed by atoms with Gasteiger partial charge >= 0.3 is 6.18 Å². The number of ether oxygens (including phenoxy) is 2. The van der Waals surface area contributed by atoms with E-state index in [1.165, 1.54) is 32.0 Å². The number of hydrogen-bond acceptors (Lipinski definition) is 4. The molecule has 1 heterocycles. The molecular weight excluding hydrogens is 449 g/mol. The van der Waals surface area contributed by atoms with Crippen LogP contribution in [0.15, 0.2) is 36.4 Å². The number of halogens is 5. The van der Waals surface area contributed by atoms with Gasteiger partial charge in [0.2, 0.25) is 5.82 Å². The second kappa shape index (κ2) is 8.74. The lowest BCUT2D eigenvalue weighted by atomic mass is 9.77. The lowest BCUT2D eigenvalue weighted by Gasteiger charge is -2.32. The predicted molar refractivity (Wildman–Crippen MR) is 109 cm³/mol. The van der Waals surface area contributed by atoms with Crippen LogP contribution < -0.4 is 10.1 Å². The van der Waals surface area contributed by atoms with Gasteiger partial charge in [-0.15, -0.1) is 0 Å². The van der Waals surface area contributed by atoms with Gasteiger partial charge in [-0.25, -0.2) is 4.39 Å². The van der Waals surface area contributed by atoms with E-state index < -0.39 is 53.0 Å². The largest absolute Gasteiger partial charge is 0.493 e. The number of amides is 1. The van der Waals surface area contributed by atoms with Gasteiger partial charge in [-0.1, -0.05) is 25.1 Å². The number of carbonyl (C=O) groups excluding carboxylic acids is 2. The van der Waals surface area contributed by atoms with E-state index in [4.69, 9.17) is 9.47 Å². The Hall–Kier alpha value is -3.01. The number of rotatable bonds is 5. The molecular formula is C23H22F5NO4. The molecule has 1 amide bonds. The summed E-state index contributed by atoms with van der Waals surface area (Å²) in [5.74, 6) is -7.31. The number of anilines is 1. The summed E-state index contributed by atoms with van der Waals surface area (Å²) in [5.41, 5.74) is -2.67. The van der Waals surface area contributed by atoms with Crippen molar-refractivity contribution in [1.82, 2.24) is 0 Å². The molecule has 0 aromatic heterocycles. The molecule has 10 heteroatoms. The molecule has 178 valence electrons. The number of benzene rings is 2. The maximum Gasteiger partial charge on any atom is 0.417 e. The number of para-hydroxylation sites is 1. The molecule has 33 heavy (non-hydrogen) atoms. The molecule has 0 unspecified atom stereocenters. The van der Waals surface area contributed by atoms with Crippen molar-refractivity contribution < 1.29 is 41.0 Å². The Balaban J connectivity index is 2.11. The van der Waals surface area contributed by atoms with Crippen molar-refractivity contribution in [1.29, 1.82) is 0 Å². The standard InChI is InChI=1S/C23H22F5NO4/c1-11-17(14-9-10-15(24)18(25)19(14)32-4)20(33-22(11,3)23(26,27)28)21(31)29-16-8-6-5-7-13(16)12(2)30/h5-11,17,20H,1-4H3,(H,29,31)/t11-,17-,20+,22+/m0/s1. The fourth-order valence-corrected chi connectivity index (χ4v) is 4.14. The van der Waals surface area contributed by atoms with E-state index >= 15 is 0 Å². The van der Waals surface area contributed by atoms with Crippen molar-refractivity contribution in [2.75, 3.05) is 12.4 Å². The van der Waals surface area contributed by atoms with Crippen LogP contribution in [0.25, 0.3) is 0 Å². The highest BCUT2D eigenvalue weighted by molar-refractivity contribution is 6.04. The average molecular weight is 471 g/mol. The first-order chi connectivity index (χ1) is 15.3. The van der Waals surface area contributed by atoms with Crippen molar-refractivity contribution in [2.45, 2.75) is 44.6 Å². The molecule has 1 fully saturated rings. The Morgan fingerprint density at radius 1 is 1.12 bits per heavy atom. The van der Waals surface area contributed by atoms with Crippen LogP contribution in [0.5, 0.6) is 5.75 Å². The van der Waals surface area contributed by atoms with Gasteiger partial charge in [-0.2, -0.15) is 17.6 Å². The first kappa shape index (κ1) is 24.6. The molecule has 1 aliphatic rings. The van der Waals surface area contributed by atoms with Crippen molar-refractivity contribution >= 4 is 17.4 Å². The van der Waals surface area contributed by atoms with E-state index in [0.29, 0.717) is 0 Å². The molecule has 0 spiro atoms. The normalized spacial score (nSPS) is 25.1. The minimum Gasteiger partial charge on any atom is -0.493 e. The molecule has 2 aromatic carbocycles. The van der Waals surface area contributed by atoms with Crippen LogP contribution in [0.4, 0.5) is 27.6 Å². The fraction of sp³-hybridized carbons (Fsp3) is 0.391. The van der Waals surface area contributed by atoms with Crippen LogP contribution in [0.2, 0.25) is 0 Å². The fourth-order valence-electron chi connectivity index (χ4n) is 4.14. The number of hydrogen-bond donors (Lipinski definition) is 1. The van der Waals surface area contributed by atoms with Gasteiger partial charge in [0.1, 0.15) is 6.10 Å². The first-order valence-corrected chi connectivity index (χ1v) is 10.0. The summed E-state index contributed by atoms with van der Waals surface area (Å²) in [6.07, 6.45) is -6.62. The van der Waals surface area contributed by atoms with E-state index in [9.17, 15) is 31.5 Å². The Morgan fingerprint density at radius 2 is 1.76 bits per heavy atom. The van der Waals surface area contributed by atoms with Gasteiger partial charge in [-0.05, 0) is 32.0 Å². The van der Waals surface area contributed by atoms with Gasteiger partial charge in [0.25, 0.3) is 5.91 Å². The molecule has 2 aromatic rings. The molecule has 1 aliphatic heterocycles. The lowest BCUT2D eigenvalue weighted by Crippen LogP contribution is -2.47. The Bertz CT molecular complexity index is 1090. The average Bonchev–Trinajstić information content (AvgIpc) is 3.02. The van der Waals surface area contributed by atoms with Crippen LogP contribution in [-0.2, 0) is 9.53 Å². The molecule has 1 saturated heterocycles. The van der Waals surface area contributed by atoms with E-state index in [2.05, 4.69) is 5.32 Å². The summed E-state index contributed by atoms with van der Waals surface area (Å²) >= 11 is 0. The highest BCUT2D eigenvalue weighted by Crippen LogP contribution is 2.55. The molecule has 0 radical (unpaired) electrons. The minimum atomic E-state index is -4.87. The second-order valence-corrected chi connectivity index (χ2v) is 8.03. The maximum absolute atomic E-state index is 14.4. The molecule has 1 N–H and O–H groups in total. The quantitative estimate of drug-likeness (QED) is 0.478.